The second-order valence-electron chi connectivity index (χ2n) is 7.20. The van der Waals surface area contributed by atoms with E-state index in [4.69, 9.17) is 9.72 Å². The Hall–Kier alpha value is -2.87. The molecule has 146 valence electrons. The van der Waals surface area contributed by atoms with Crippen LogP contribution in [0.4, 0.5) is 10.9 Å². The highest BCUT2D eigenvalue weighted by Crippen LogP contribution is 2.34. The van der Waals surface area contributed by atoms with Crippen molar-refractivity contribution in [3.8, 4) is 5.88 Å². The minimum absolute atomic E-state index is 0.0779. The molecule has 0 bridgehead atoms. The molecular formula is C20H23N5O2S. The molecule has 1 N–H and O–H groups in total. The lowest BCUT2D eigenvalue weighted by atomic mass is 9.96. The standard InChI is InChI=1S/C20H23N5O2S/c1-5-17(26)25-11-20(4,12-25)27-18-14-7-8-24(6-2)15(14)9-16(22-18)23-19-21-10-13(3)28-19/h5,7-10H,1,6,11-12H2,2-4H3,(H,21,22,23). The number of nitrogens with zero attached hydrogens (tertiary/aromatic N) is 4. The first-order chi connectivity index (χ1) is 13.4. The van der Waals surface area contributed by atoms with Crippen LogP contribution in [0.3, 0.4) is 0 Å². The average molecular weight is 398 g/mol. The number of aryl methyl sites for hydroxylation is 2. The number of anilines is 2. The fourth-order valence-electron chi connectivity index (χ4n) is 3.44. The van der Waals surface area contributed by atoms with Crippen molar-refractivity contribution in [1.29, 1.82) is 0 Å². The van der Waals surface area contributed by atoms with Crippen molar-refractivity contribution >= 4 is 39.1 Å². The largest absolute Gasteiger partial charge is 0.467 e. The van der Waals surface area contributed by atoms with Crippen molar-refractivity contribution in [3.63, 3.8) is 0 Å². The number of rotatable bonds is 6. The predicted molar refractivity (Wildman–Crippen MR) is 111 cm³/mol. The molecule has 0 aromatic carbocycles. The van der Waals surface area contributed by atoms with Gasteiger partial charge in [0.25, 0.3) is 0 Å². The quantitative estimate of drug-likeness (QED) is 0.642. The maximum atomic E-state index is 11.8. The minimum Gasteiger partial charge on any atom is -0.467 e. The first kappa shape index (κ1) is 18.5. The molecule has 3 aromatic heterocycles. The van der Waals surface area contributed by atoms with Gasteiger partial charge in [0.05, 0.1) is 24.0 Å². The van der Waals surface area contributed by atoms with E-state index < -0.39 is 5.60 Å². The van der Waals surface area contributed by atoms with Crippen LogP contribution >= 0.6 is 11.3 Å². The Bertz CT molecular complexity index is 1050. The van der Waals surface area contributed by atoms with E-state index in [-0.39, 0.29) is 5.91 Å². The molecule has 1 amide bonds. The highest BCUT2D eigenvalue weighted by molar-refractivity contribution is 7.15. The monoisotopic (exact) mass is 397 g/mol. The molecule has 1 saturated heterocycles. The Kier molecular flexibility index (Phi) is 4.58. The summed E-state index contributed by atoms with van der Waals surface area (Å²) >= 11 is 1.58. The summed E-state index contributed by atoms with van der Waals surface area (Å²) < 4.78 is 8.46. The van der Waals surface area contributed by atoms with E-state index in [9.17, 15) is 4.79 Å². The smallest absolute Gasteiger partial charge is 0.246 e. The highest BCUT2D eigenvalue weighted by Gasteiger charge is 2.43. The third kappa shape index (κ3) is 3.35. The lowest BCUT2D eigenvalue weighted by Gasteiger charge is -2.46. The number of nitrogens with one attached hydrogen (secondary N) is 1. The normalized spacial score (nSPS) is 15.3. The van der Waals surface area contributed by atoms with Gasteiger partial charge in [-0.2, -0.15) is 4.98 Å². The average Bonchev–Trinajstić information content (AvgIpc) is 3.24. The van der Waals surface area contributed by atoms with Crippen LogP contribution in [0.15, 0.2) is 37.2 Å². The molecule has 0 atom stereocenters. The molecule has 7 nitrogen and oxygen atoms in total. The molecule has 1 aliphatic rings. The number of aromatic nitrogens is 3. The van der Waals surface area contributed by atoms with Gasteiger partial charge in [-0.1, -0.05) is 6.58 Å². The van der Waals surface area contributed by atoms with Crippen LogP contribution in [0, 0.1) is 6.92 Å². The van der Waals surface area contributed by atoms with Crippen LogP contribution in [0.2, 0.25) is 0 Å². The molecule has 8 heteroatoms. The first-order valence-corrected chi connectivity index (χ1v) is 10.0. The van der Waals surface area contributed by atoms with Gasteiger partial charge in [0.1, 0.15) is 11.4 Å². The number of thiazole rings is 1. The Morgan fingerprint density at radius 2 is 2.29 bits per heavy atom. The molecule has 0 unspecified atom stereocenters. The summed E-state index contributed by atoms with van der Waals surface area (Å²) in [4.78, 5) is 23.7. The lowest BCUT2D eigenvalue weighted by molar-refractivity contribution is -0.143. The fraction of sp³-hybridized carbons (Fsp3) is 0.350. The van der Waals surface area contributed by atoms with Crippen LogP contribution in [-0.4, -0.2) is 44.0 Å². The number of amides is 1. The van der Waals surface area contributed by atoms with Crippen LogP contribution in [-0.2, 0) is 11.3 Å². The van der Waals surface area contributed by atoms with Crippen molar-refractivity contribution in [2.24, 2.45) is 0 Å². The summed E-state index contributed by atoms with van der Waals surface area (Å²) in [5, 5.41) is 5.03. The zero-order valence-electron chi connectivity index (χ0n) is 16.2. The maximum Gasteiger partial charge on any atom is 0.246 e. The first-order valence-electron chi connectivity index (χ1n) is 9.20. The van der Waals surface area contributed by atoms with Gasteiger partial charge in [-0.05, 0) is 32.9 Å². The van der Waals surface area contributed by atoms with Gasteiger partial charge in [-0.3, -0.25) is 4.79 Å². The van der Waals surface area contributed by atoms with E-state index in [1.54, 1.807) is 16.2 Å². The zero-order valence-corrected chi connectivity index (χ0v) is 17.0. The molecule has 28 heavy (non-hydrogen) atoms. The fourth-order valence-corrected chi connectivity index (χ4v) is 4.11. The van der Waals surface area contributed by atoms with Gasteiger partial charge in [-0.15, -0.1) is 11.3 Å². The Morgan fingerprint density at radius 1 is 1.50 bits per heavy atom. The Labute approximate surface area is 167 Å². The Morgan fingerprint density at radius 3 is 2.93 bits per heavy atom. The molecule has 4 heterocycles. The third-order valence-electron chi connectivity index (χ3n) is 4.81. The van der Waals surface area contributed by atoms with Gasteiger partial charge in [0.2, 0.25) is 11.8 Å². The molecule has 4 rings (SSSR count). The number of likely N-dealkylation sites (tertiary alicyclic amines) is 1. The second kappa shape index (κ2) is 6.94. The van der Waals surface area contributed by atoms with E-state index >= 15 is 0 Å². The summed E-state index contributed by atoms with van der Waals surface area (Å²) in [5.41, 5.74) is 0.578. The summed E-state index contributed by atoms with van der Waals surface area (Å²) in [7, 11) is 0. The van der Waals surface area contributed by atoms with E-state index in [0.717, 1.165) is 27.5 Å². The van der Waals surface area contributed by atoms with Crippen molar-refractivity contribution in [1.82, 2.24) is 19.4 Å². The van der Waals surface area contributed by atoms with Crippen molar-refractivity contribution in [2.45, 2.75) is 32.9 Å². The van der Waals surface area contributed by atoms with Gasteiger partial charge >= 0.3 is 0 Å². The minimum atomic E-state index is -0.469. The second-order valence-corrected chi connectivity index (χ2v) is 8.43. The summed E-state index contributed by atoms with van der Waals surface area (Å²) in [6.07, 6.45) is 5.20. The summed E-state index contributed by atoms with van der Waals surface area (Å²) in [6.45, 7) is 11.5. The van der Waals surface area contributed by atoms with Crippen molar-refractivity contribution in [3.05, 3.63) is 42.1 Å². The number of ether oxygens (including phenoxy) is 1. The van der Waals surface area contributed by atoms with Crippen LogP contribution in [0.25, 0.3) is 10.9 Å². The summed E-state index contributed by atoms with van der Waals surface area (Å²) in [6, 6.07) is 4.03. The molecule has 0 saturated carbocycles. The SMILES string of the molecule is C=CC(=O)N1CC(C)(Oc2nc(Nc3ncc(C)s3)cc3c2ccn3CC)C1. The summed E-state index contributed by atoms with van der Waals surface area (Å²) in [5.74, 6) is 1.17. The topological polar surface area (TPSA) is 72.3 Å². The van der Waals surface area contributed by atoms with E-state index in [1.807, 2.05) is 38.4 Å². The number of fused-ring (bicyclic) bond motifs is 1. The van der Waals surface area contributed by atoms with Gasteiger partial charge in [-0.25, -0.2) is 4.98 Å². The van der Waals surface area contributed by atoms with Gasteiger partial charge < -0.3 is 19.5 Å². The molecule has 1 aliphatic heterocycles. The van der Waals surface area contributed by atoms with Crippen LogP contribution in [0.5, 0.6) is 5.88 Å². The lowest BCUT2D eigenvalue weighted by Crippen LogP contribution is -2.64. The number of carbonyl (C=O) groups is 1. The van der Waals surface area contributed by atoms with Crippen LogP contribution < -0.4 is 10.1 Å². The highest BCUT2D eigenvalue weighted by atomic mass is 32.1. The molecule has 0 aliphatic carbocycles. The Balaban J connectivity index is 1.65. The van der Waals surface area contributed by atoms with E-state index in [0.29, 0.717) is 24.8 Å². The molecule has 0 spiro atoms. The number of hydrogen-bond acceptors (Lipinski definition) is 6. The zero-order chi connectivity index (χ0) is 19.9. The molecule has 1 fully saturated rings. The van der Waals surface area contributed by atoms with E-state index in [1.165, 1.54) is 6.08 Å². The van der Waals surface area contributed by atoms with Gasteiger partial charge in [0.15, 0.2) is 5.13 Å². The van der Waals surface area contributed by atoms with E-state index in [2.05, 4.69) is 28.4 Å². The number of pyridine rings is 1. The number of carbonyl (C=O) groups excluding carboxylic acids is 1. The predicted octanol–water partition coefficient (Wildman–Crippen LogP) is 3.73. The van der Waals surface area contributed by atoms with Crippen molar-refractivity contribution in [2.75, 3.05) is 18.4 Å². The molecule has 0 radical (unpaired) electrons. The van der Waals surface area contributed by atoms with Crippen LogP contribution in [0.1, 0.15) is 18.7 Å². The van der Waals surface area contributed by atoms with Gasteiger partial charge in [0, 0.05) is 29.9 Å². The molecule has 3 aromatic rings. The third-order valence-corrected chi connectivity index (χ3v) is 5.64. The maximum absolute atomic E-state index is 11.8. The van der Waals surface area contributed by atoms with Crippen molar-refractivity contribution < 1.29 is 9.53 Å². The molecular weight excluding hydrogens is 374 g/mol. The number of hydrogen-bond donors (Lipinski definition) is 1.